The summed E-state index contributed by atoms with van der Waals surface area (Å²) >= 11 is 0. The highest BCUT2D eigenvalue weighted by atomic mass is 16.6. The van der Waals surface area contributed by atoms with E-state index in [0.29, 0.717) is 18.1 Å². The second-order valence-corrected chi connectivity index (χ2v) is 3.66. The Morgan fingerprint density at radius 2 is 2.21 bits per heavy atom. The number of ether oxygens (including phenoxy) is 2. The van der Waals surface area contributed by atoms with Crippen molar-refractivity contribution < 1.29 is 24.2 Å². The number of hydrogen-bond donors (Lipinski definition) is 1. The smallest absolute Gasteiger partial charge is 0.344 e. The molecule has 0 bridgehead atoms. The first kappa shape index (κ1) is 14.8. The molecule has 1 N–H and O–H groups in total. The number of nitrogens with zero attached hydrogens (tertiary/aromatic N) is 1. The number of oxime groups is 1. The fraction of sp³-hybridized carbons (Fsp3) is 0.385. The van der Waals surface area contributed by atoms with Crippen LogP contribution >= 0.6 is 0 Å². The second-order valence-electron chi connectivity index (χ2n) is 3.66. The van der Waals surface area contributed by atoms with Crippen LogP contribution in [0, 0.1) is 0 Å². The fourth-order valence-electron chi connectivity index (χ4n) is 1.29. The van der Waals surface area contributed by atoms with Gasteiger partial charge in [0.25, 0.3) is 0 Å². The number of rotatable bonds is 8. The molecule has 1 rings (SSSR count). The fourth-order valence-corrected chi connectivity index (χ4v) is 1.29. The Kier molecular flexibility index (Phi) is 6.21. The number of aliphatic carboxylic acids is 1. The molecule has 0 radical (unpaired) electrons. The molecule has 0 fully saturated rings. The van der Waals surface area contributed by atoms with Crippen molar-refractivity contribution in [3.05, 3.63) is 23.8 Å². The lowest BCUT2D eigenvalue weighted by Crippen LogP contribution is -2.03. The van der Waals surface area contributed by atoms with E-state index in [0.717, 1.165) is 12.0 Å². The van der Waals surface area contributed by atoms with Gasteiger partial charge in [-0.05, 0) is 24.6 Å². The van der Waals surface area contributed by atoms with E-state index in [1.54, 1.807) is 25.3 Å². The average Bonchev–Trinajstić information content (AvgIpc) is 2.41. The minimum Gasteiger partial charge on any atom is -0.493 e. The Morgan fingerprint density at radius 3 is 2.84 bits per heavy atom. The summed E-state index contributed by atoms with van der Waals surface area (Å²) in [6.45, 7) is 2.17. The molecule has 19 heavy (non-hydrogen) atoms. The third-order valence-electron chi connectivity index (χ3n) is 2.11. The molecule has 0 aliphatic rings. The highest BCUT2D eigenvalue weighted by Gasteiger charge is 2.04. The van der Waals surface area contributed by atoms with Gasteiger partial charge in [0.05, 0.1) is 19.9 Å². The van der Waals surface area contributed by atoms with Gasteiger partial charge in [-0.25, -0.2) is 4.79 Å². The predicted molar refractivity (Wildman–Crippen MR) is 70.0 cm³/mol. The SMILES string of the molecule is CCCOc1ccc(C=NOCC(=O)O)cc1OC. The summed E-state index contributed by atoms with van der Waals surface area (Å²) in [4.78, 5) is 14.8. The average molecular weight is 267 g/mol. The molecule has 0 heterocycles. The number of carbonyl (C=O) groups is 1. The van der Waals surface area contributed by atoms with E-state index in [2.05, 4.69) is 9.99 Å². The van der Waals surface area contributed by atoms with Gasteiger partial charge >= 0.3 is 5.97 Å². The van der Waals surface area contributed by atoms with E-state index in [9.17, 15) is 4.79 Å². The van der Waals surface area contributed by atoms with Gasteiger partial charge in [-0.15, -0.1) is 0 Å². The molecule has 0 aliphatic heterocycles. The van der Waals surface area contributed by atoms with Crippen molar-refractivity contribution in [2.45, 2.75) is 13.3 Å². The van der Waals surface area contributed by atoms with Crippen LogP contribution in [0.5, 0.6) is 11.5 Å². The highest BCUT2D eigenvalue weighted by molar-refractivity contribution is 5.80. The van der Waals surface area contributed by atoms with Crippen molar-refractivity contribution in [2.75, 3.05) is 20.3 Å². The van der Waals surface area contributed by atoms with Crippen molar-refractivity contribution >= 4 is 12.2 Å². The lowest BCUT2D eigenvalue weighted by molar-refractivity contribution is -0.142. The maximum atomic E-state index is 10.2. The quantitative estimate of drug-likeness (QED) is 0.575. The van der Waals surface area contributed by atoms with E-state index in [1.807, 2.05) is 6.92 Å². The molecule has 0 spiro atoms. The summed E-state index contributed by atoms with van der Waals surface area (Å²) in [5.74, 6) is 0.182. The molecule has 0 saturated heterocycles. The molecule has 6 nitrogen and oxygen atoms in total. The van der Waals surface area contributed by atoms with Crippen molar-refractivity contribution in [3.8, 4) is 11.5 Å². The lowest BCUT2D eigenvalue weighted by Gasteiger charge is -2.10. The van der Waals surface area contributed by atoms with Gasteiger partial charge in [0.1, 0.15) is 0 Å². The number of hydrogen-bond acceptors (Lipinski definition) is 5. The summed E-state index contributed by atoms with van der Waals surface area (Å²) in [5, 5.41) is 11.9. The first-order valence-corrected chi connectivity index (χ1v) is 5.85. The van der Waals surface area contributed by atoms with E-state index in [1.165, 1.54) is 6.21 Å². The van der Waals surface area contributed by atoms with Crippen molar-refractivity contribution in [1.82, 2.24) is 0 Å². The van der Waals surface area contributed by atoms with Gasteiger partial charge in [0, 0.05) is 5.56 Å². The first-order chi connectivity index (χ1) is 9.17. The largest absolute Gasteiger partial charge is 0.493 e. The molecule has 1 aromatic rings. The van der Waals surface area contributed by atoms with Gasteiger partial charge in [0.2, 0.25) is 6.61 Å². The molecule has 0 amide bonds. The minimum absolute atomic E-state index is 0.467. The van der Waals surface area contributed by atoms with Crippen LogP contribution < -0.4 is 9.47 Å². The zero-order valence-corrected chi connectivity index (χ0v) is 11.0. The van der Waals surface area contributed by atoms with E-state index < -0.39 is 12.6 Å². The van der Waals surface area contributed by atoms with Crippen molar-refractivity contribution in [1.29, 1.82) is 0 Å². The second kappa shape index (κ2) is 7.97. The molecular weight excluding hydrogens is 250 g/mol. The summed E-state index contributed by atoms with van der Waals surface area (Å²) in [6.07, 6.45) is 2.32. The maximum Gasteiger partial charge on any atom is 0.344 e. The van der Waals surface area contributed by atoms with Crippen LogP contribution in [-0.4, -0.2) is 37.6 Å². The molecule has 0 atom stereocenters. The van der Waals surface area contributed by atoms with E-state index >= 15 is 0 Å². The molecular formula is C13H17NO5. The van der Waals surface area contributed by atoms with Gasteiger partial charge in [-0.1, -0.05) is 12.1 Å². The third-order valence-corrected chi connectivity index (χ3v) is 2.11. The van der Waals surface area contributed by atoms with Gasteiger partial charge in [0.15, 0.2) is 11.5 Å². The van der Waals surface area contributed by atoms with Crippen LogP contribution in [0.4, 0.5) is 0 Å². The number of methoxy groups -OCH3 is 1. The van der Waals surface area contributed by atoms with Crippen LogP contribution in [0.3, 0.4) is 0 Å². The van der Waals surface area contributed by atoms with E-state index in [-0.39, 0.29) is 0 Å². The summed E-state index contributed by atoms with van der Waals surface area (Å²) in [6, 6.07) is 5.28. The molecule has 6 heteroatoms. The Hall–Kier alpha value is -2.24. The molecule has 104 valence electrons. The summed E-state index contributed by atoms with van der Waals surface area (Å²) in [7, 11) is 1.55. The molecule has 0 saturated carbocycles. The van der Waals surface area contributed by atoms with Crippen LogP contribution in [0.25, 0.3) is 0 Å². The van der Waals surface area contributed by atoms with Gasteiger partial charge < -0.3 is 19.4 Å². The Balaban J connectivity index is 2.67. The standard InChI is InChI=1S/C13H17NO5/c1-3-6-18-11-5-4-10(7-12(11)17-2)8-14-19-9-13(15)16/h4-5,7-8H,3,6,9H2,1-2H3,(H,15,16). The van der Waals surface area contributed by atoms with Gasteiger partial charge in [-0.3, -0.25) is 0 Å². The Bertz CT molecular complexity index is 445. The van der Waals surface area contributed by atoms with Gasteiger partial charge in [-0.2, -0.15) is 0 Å². The predicted octanol–water partition coefficient (Wildman–Crippen LogP) is 1.92. The van der Waals surface area contributed by atoms with Crippen LogP contribution in [-0.2, 0) is 9.63 Å². The number of carboxylic acids is 1. The normalized spacial score (nSPS) is 10.4. The zero-order chi connectivity index (χ0) is 14.1. The van der Waals surface area contributed by atoms with Crippen molar-refractivity contribution in [2.24, 2.45) is 5.16 Å². The molecule has 0 unspecified atom stereocenters. The monoisotopic (exact) mass is 267 g/mol. The Labute approximate surface area is 111 Å². The third kappa shape index (κ3) is 5.29. The molecule has 0 aromatic heterocycles. The Morgan fingerprint density at radius 1 is 1.42 bits per heavy atom. The summed E-state index contributed by atoms with van der Waals surface area (Å²) in [5.41, 5.74) is 0.728. The highest BCUT2D eigenvalue weighted by Crippen LogP contribution is 2.27. The lowest BCUT2D eigenvalue weighted by atomic mass is 10.2. The first-order valence-electron chi connectivity index (χ1n) is 5.85. The number of carboxylic acid groups (broad SMARTS) is 1. The van der Waals surface area contributed by atoms with Crippen LogP contribution in [0.2, 0.25) is 0 Å². The maximum absolute atomic E-state index is 10.2. The van der Waals surface area contributed by atoms with Crippen LogP contribution in [0.1, 0.15) is 18.9 Å². The molecule has 0 aliphatic carbocycles. The number of benzene rings is 1. The van der Waals surface area contributed by atoms with Crippen LogP contribution in [0.15, 0.2) is 23.4 Å². The topological polar surface area (TPSA) is 77.4 Å². The summed E-state index contributed by atoms with van der Waals surface area (Å²) < 4.78 is 10.7. The zero-order valence-electron chi connectivity index (χ0n) is 11.0. The van der Waals surface area contributed by atoms with E-state index in [4.69, 9.17) is 14.6 Å². The molecule has 1 aromatic carbocycles. The minimum atomic E-state index is -1.07. The van der Waals surface area contributed by atoms with Crippen molar-refractivity contribution in [3.63, 3.8) is 0 Å².